The summed E-state index contributed by atoms with van der Waals surface area (Å²) in [6.45, 7) is 0.0189. The first-order valence-corrected chi connectivity index (χ1v) is 7.84. The fraction of sp³-hybridized carbons (Fsp3) is 0.333. The maximum Gasteiger partial charge on any atom is 0.417 e. The van der Waals surface area contributed by atoms with E-state index in [0.717, 1.165) is 23.1 Å². The van der Waals surface area contributed by atoms with Gasteiger partial charge in [-0.25, -0.2) is 0 Å². The van der Waals surface area contributed by atoms with Gasteiger partial charge >= 0.3 is 6.18 Å². The minimum atomic E-state index is -4.85. The monoisotopic (exact) mass is 385 g/mol. The molecule has 146 valence electrons. The lowest BCUT2D eigenvalue weighted by Crippen LogP contribution is -2.37. The highest BCUT2D eigenvalue weighted by Crippen LogP contribution is 2.43. The highest BCUT2D eigenvalue weighted by molar-refractivity contribution is 6.08. The second-order valence-electron chi connectivity index (χ2n) is 5.49. The van der Waals surface area contributed by atoms with Gasteiger partial charge in [0, 0.05) is 12.6 Å². The number of ether oxygens (including phenoxy) is 3. The van der Waals surface area contributed by atoms with Crippen LogP contribution in [0.3, 0.4) is 0 Å². The van der Waals surface area contributed by atoms with Crippen LogP contribution in [0.25, 0.3) is 5.57 Å². The molecule has 0 unspecified atom stereocenters. The van der Waals surface area contributed by atoms with Gasteiger partial charge in [-0.15, -0.1) is 0 Å². The summed E-state index contributed by atoms with van der Waals surface area (Å²) in [4.78, 5) is 24.8. The third-order valence-electron chi connectivity index (χ3n) is 3.86. The molecule has 0 atom stereocenters. The molecule has 9 heteroatoms. The van der Waals surface area contributed by atoms with Crippen LogP contribution in [0.5, 0.6) is 17.2 Å². The molecule has 1 aromatic carbocycles. The molecular weight excluding hydrogens is 367 g/mol. The number of methoxy groups -OCH3 is 3. The van der Waals surface area contributed by atoms with Gasteiger partial charge in [-0.2, -0.15) is 13.2 Å². The number of benzene rings is 1. The van der Waals surface area contributed by atoms with Crippen molar-refractivity contribution < 1.29 is 37.0 Å². The summed E-state index contributed by atoms with van der Waals surface area (Å²) in [5, 5.41) is 0. The van der Waals surface area contributed by atoms with Crippen molar-refractivity contribution in [3.63, 3.8) is 0 Å². The smallest absolute Gasteiger partial charge is 0.417 e. The van der Waals surface area contributed by atoms with Crippen molar-refractivity contribution in [1.82, 2.24) is 4.90 Å². The van der Waals surface area contributed by atoms with Crippen molar-refractivity contribution in [3.05, 3.63) is 35.9 Å². The average molecular weight is 385 g/mol. The molecule has 0 bridgehead atoms. The Bertz CT molecular complexity index is 774. The Balaban J connectivity index is 2.56. The molecule has 1 aromatic rings. The number of carbonyl (C=O) groups is 2. The maximum atomic E-state index is 13.6. The van der Waals surface area contributed by atoms with Crippen LogP contribution in [0.4, 0.5) is 13.2 Å². The summed E-state index contributed by atoms with van der Waals surface area (Å²) in [5.41, 5.74) is -1.58. The average Bonchev–Trinajstić information content (AvgIpc) is 2.64. The second kappa shape index (κ2) is 8.15. The molecule has 0 saturated carbocycles. The molecule has 1 aliphatic rings. The maximum absolute atomic E-state index is 13.6. The Kier molecular flexibility index (Phi) is 6.14. The van der Waals surface area contributed by atoms with Crippen molar-refractivity contribution in [2.24, 2.45) is 0 Å². The number of rotatable bonds is 5. The lowest BCUT2D eigenvalue weighted by Gasteiger charge is -2.21. The van der Waals surface area contributed by atoms with E-state index in [2.05, 4.69) is 0 Å². The molecule has 0 radical (unpaired) electrons. The molecule has 0 aromatic heterocycles. The normalized spacial score (nSPS) is 15.0. The van der Waals surface area contributed by atoms with Gasteiger partial charge in [-0.3, -0.25) is 14.5 Å². The zero-order valence-electron chi connectivity index (χ0n) is 14.9. The zero-order valence-corrected chi connectivity index (χ0v) is 14.9. The first-order chi connectivity index (χ1) is 12.7. The molecule has 27 heavy (non-hydrogen) atoms. The highest BCUT2D eigenvalue weighted by Gasteiger charge is 2.37. The lowest BCUT2D eigenvalue weighted by molar-refractivity contribution is -0.139. The number of amides is 2. The lowest BCUT2D eigenvalue weighted by atomic mass is 10.0. The fourth-order valence-corrected chi connectivity index (χ4v) is 2.57. The van der Waals surface area contributed by atoms with Crippen LogP contribution in [-0.4, -0.2) is 50.8 Å². The molecule has 0 fully saturated rings. The Morgan fingerprint density at radius 3 is 2.15 bits per heavy atom. The van der Waals surface area contributed by atoms with Crippen LogP contribution in [-0.2, 0) is 9.59 Å². The van der Waals surface area contributed by atoms with Gasteiger partial charge in [0.1, 0.15) is 0 Å². The van der Waals surface area contributed by atoms with Crippen molar-refractivity contribution >= 4 is 17.4 Å². The van der Waals surface area contributed by atoms with Crippen LogP contribution >= 0.6 is 0 Å². The summed E-state index contributed by atoms with van der Waals surface area (Å²) >= 11 is 0. The van der Waals surface area contributed by atoms with Gasteiger partial charge in [0.25, 0.3) is 11.8 Å². The van der Waals surface area contributed by atoms with Gasteiger partial charge in [-0.1, -0.05) is 6.08 Å². The van der Waals surface area contributed by atoms with Gasteiger partial charge in [0.15, 0.2) is 11.5 Å². The number of allylic oxidation sites excluding steroid dienone is 1. The van der Waals surface area contributed by atoms with Gasteiger partial charge in [0.05, 0.1) is 26.9 Å². The number of alkyl halides is 3. The van der Waals surface area contributed by atoms with E-state index in [9.17, 15) is 22.8 Å². The van der Waals surface area contributed by atoms with Crippen molar-refractivity contribution in [2.75, 3.05) is 27.9 Å². The molecule has 0 N–H and O–H groups in total. The second-order valence-corrected chi connectivity index (χ2v) is 5.49. The molecule has 0 aliphatic carbocycles. The Hall–Kier alpha value is -2.97. The molecule has 1 heterocycles. The molecule has 0 spiro atoms. The van der Waals surface area contributed by atoms with E-state index < -0.39 is 23.6 Å². The standard InChI is InChI=1S/C18H18F3NO5/c1-25-13-8-11(9-14(26-2)17(13)27-3)12(18(19,20)21)10-16(24)22-7-5-4-6-15(22)23/h4,6,8-10H,5,7H2,1-3H3/b12-10+. The molecule has 0 saturated heterocycles. The first-order valence-electron chi connectivity index (χ1n) is 7.84. The Morgan fingerprint density at radius 1 is 1.11 bits per heavy atom. The largest absolute Gasteiger partial charge is 0.493 e. The third kappa shape index (κ3) is 4.42. The molecule has 1 aliphatic heterocycles. The number of imide groups is 1. The molecule has 2 rings (SSSR count). The van der Waals surface area contributed by atoms with E-state index in [4.69, 9.17) is 14.2 Å². The van der Waals surface area contributed by atoms with Crippen LogP contribution in [0.2, 0.25) is 0 Å². The number of hydrogen-bond acceptors (Lipinski definition) is 5. The fourth-order valence-electron chi connectivity index (χ4n) is 2.57. The van der Waals surface area contributed by atoms with Crippen LogP contribution in [0, 0.1) is 0 Å². The minimum Gasteiger partial charge on any atom is -0.493 e. The van der Waals surface area contributed by atoms with Gasteiger partial charge in [0.2, 0.25) is 5.75 Å². The highest BCUT2D eigenvalue weighted by atomic mass is 19.4. The van der Waals surface area contributed by atoms with Crippen LogP contribution < -0.4 is 14.2 Å². The van der Waals surface area contributed by atoms with E-state index >= 15 is 0 Å². The molecular formula is C18H18F3NO5. The summed E-state index contributed by atoms with van der Waals surface area (Å²) in [5.74, 6) is -1.58. The Morgan fingerprint density at radius 2 is 1.70 bits per heavy atom. The summed E-state index contributed by atoms with van der Waals surface area (Å²) in [6.07, 6.45) is -1.36. The Labute approximate surface area is 153 Å². The molecule has 2 amide bonds. The van der Waals surface area contributed by atoms with E-state index in [1.54, 1.807) is 6.08 Å². The summed E-state index contributed by atoms with van der Waals surface area (Å²) < 4.78 is 56.1. The topological polar surface area (TPSA) is 65.1 Å². The summed E-state index contributed by atoms with van der Waals surface area (Å²) in [6, 6.07) is 2.18. The van der Waals surface area contributed by atoms with Crippen LogP contribution in [0.15, 0.2) is 30.4 Å². The van der Waals surface area contributed by atoms with Crippen LogP contribution in [0.1, 0.15) is 12.0 Å². The van der Waals surface area contributed by atoms with Crippen molar-refractivity contribution in [2.45, 2.75) is 12.6 Å². The first kappa shape index (κ1) is 20.3. The van der Waals surface area contributed by atoms with Crippen molar-refractivity contribution in [1.29, 1.82) is 0 Å². The predicted molar refractivity (Wildman–Crippen MR) is 90.6 cm³/mol. The SMILES string of the molecule is COc1cc(/C(=C\C(=O)N2CCC=CC2=O)C(F)(F)F)cc(OC)c1OC. The summed E-state index contributed by atoms with van der Waals surface area (Å²) in [7, 11) is 3.85. The third-order valence-corrected chi connectivity index (χ3v) is 3.86. The predicted octanol–water partition coefficient (Wildman–Crippen LogP) is 2.97. The number of nitrogens with zero attached hydrogens (tertiary/aromatic N) is 1. The van der Waals surface area contributed by atoms with E-state index in [-0.39, 0.29) is 29.4 Å². The van der Waals surface area contributed by atoms with E-state index in [1.165, 1.54) is 21.3 Å². The quantitative estimate of drug-likeness (QED) is 0.730. The number of halogens is 3. The number of carbonyl (C=O) groups excluding carboxylic acids is 2. The molecule has 6 nitrogen and oxygen atoms in total. The van der Waals surface area contributed by atoms with Gasteiger partial charge < -0.3 is 14.2 Å². The zero-order chi connectivity index (χ0) is 20.2. The van der Waals surface area contributed by atoms with E-state index in [0.29, 0.717) is 12.5 Å². The minimum absolute atomic E-state index is 0.00595. The number of hydrogen-bond donors (Lipinski definition) is 0. The van der Waals surface area contributed by atoms with Gasteiger partial charge in [-0.05, 0) is 30.2 Å². The van der Waals surface area contributed by atoms with E-state index in [1.807, 2.05) is 0 Å². The van der Waals surface area contributed by atoms with Crippen molar-refractivity contribution in [3.8, 4) is 17.2 Å².